The fourth-order valence-electron chi connectivity index (χ4n) is 2.61. The minimum atomic E-state index is 0.460. The first-order valence-electron chi connectivity index (χ1n) is 8.28. The van der Waals surface area contributed by atoms with Gasteiger partial charge < -0.3 is 15.1 Å². The van der Waals surface area contributed by atoms with E-state index in [0.29, 0.717) is 29.5 Å². The van der Waals surface area contributed by atoms with E-state index >= 15 is 0 Å². The Labute approximate surface area is 150 Å². The predicted octanol–water partition coefficient (Wildman–Crippen LogP) is 3.99. The summed E-state index contributed by atoms with van der Waals surface area (Å²) in [6, 6.07) is 9.97. The van der Waals surface area contributed by atoms with Crippen molar-refractivity contribution in [2.45, 2.75) is 20.4 Å². The Morgan fingerprint density at radius 2 is 1.92 bits per heavy atom. The molecule has 0 saturated carbocycles. The summed E-state index contributed by atoms with van der Waals surface area (Å²) in [4.78, 5) is 17.7. The molecule has 2 N–H and O–H groups in total. The molecule has 0 radical (unpaired) electrons. The van der Waals surface area contributed by atoms with Crippen LogP contribution in [-0.4, -0.2) is 19.9 Å². The lowest BCUT2D eigenvalue weighted by Crippen LogP contribution is -2.07. The first kappa shape index (κ1) is 16.0. The Morgan fingerprint density at radius 1 is 1.04 bits per heavy atom. The molecule has 26 heavy (non-hydrogen) atoms. The number of fused-ring (bicyclic) bond motifs is 1. The van der Waals surface area contributed by atoms with Crippen LogP contribution < -0.4 is 10.6 Å². The molecule has 0 aliphatic carbocycles. The molecule has 0 amide bonds. The minimum Gasteiger partial charge on any atom is -0.467 e. The molecule has 0 atom stereocenters. The lowest BCUT2D eigenvalue weighted by atomic mass is 10.1. The summed E-state index contributed by atoms with van der Waals surface area (Å²) < 4.78 is 5.34. The number of hydrogen-bond acceptors (Lipinski definition) is 7. The fraction of sp³-hybridized carbons (Fsp3) is 0.158. The number of nitrogens with zero attached hydrogens (tertiary/aromatic N) is 4. The van der Waals surface area contributed by atoms with Crippen LogP contribution in [-0.2, 0) is 6.54 Å². The second-order valence-corrected chi connectivity index (χ2v) is 6.00. The Balaban J connectivity index is 1.70. The predicted molar refractivity (Wildman–Crippen MR) is 100 cm³/mol. The molecule has 130 valence electrons. The van der Waals surface area contributed by atoms with Gasteiger partial charge in [0.25, 0.3) is 0 Å². The van der Waals surface area contributed by atoms with Crippen LogP contribution in [0.2, 0.25) is 0 Å². The van der Waals surface area contributed by atoms with Crippen molar-refractivity contribution in [1.82, 2.24) is 19.9 Å². The van der Waals surface area contributed by atoms with E-state index in [1.807, 2.05) is 19.1 Å². The molecule has 4 rings (SSSR count). The van der Waals surface area contributed by atoms with E-state index in [9.17, 15) is 0 Å². The average Bonchev–Trinajstić information content (AvgIpc) is 3.17. The molecular weight excluding hydrogens is 328 g/mol. The molecule has 0 bridgehead atoms. The van der Waals surface area contributed by atoms with Crippen molar-refractivity contribution in [2.24, 2.45) is 0 Å². The normalized spacial score (nSPS) is 10.8. The van der Waals surface area contributed by atoms with Crippen LogP contribution in [0.3, 0.4) is 0 Å². The first-order valence-corrected chi connectivity index (χ1v) is 8.28. The largest absolute Gasteiger partial charge is 0.467 e. The summed E-state index contributed by atoms with van der Waals surface area (Å²) >= 11 is 0. The summed E-state index contributed by atoms with van der Waals surface area (Å²) in [6.45, 7) is 4.59. The summed E-state index contributed by atoms with van der Waals surface area (Å²) in [5, 5.41) is 6.54. The van der Waals surface area contributed by atoms with Crippen molar-refractivity contribution in [1.29, 1.82) is 0 Å². The van der Waals surface area contributed by atoms with Crippen LogP contribution in [0, 0.1) is 13.8 Å². The van der Waals surface area contributed by atoms with E-state index < -0.39 is 0 Å². The van der Waals surface area contributed by atoms with Gasteiger partial charge in [0.2, 0.25) is 5.95 Å². The Hall–Kier alpha value is -3.48. The molecule has 0 saturated heterocycles. The third-order valence-electron chi connectivity index (χ3n) is 3.98. The number of anilines is 3. The number of aryl methyl sites for hydroxylation is 2. The van der Waals surface area contributed by atoms with Gasteiger partial charge in [-0.3, -0.25) is 0 Å². The van der Waals surface area contributed by atoms with Crippen molar-refractivity contribution in [3.8, 4) is 0 Å². The van der Waals surface area contributed by atoms with Gasteiger partial charge in [-0.05, 0) is 43.2 Å². The molecule has 0 spiro atoms. The maximum atomic E-state index is 5.34. The maximum absolute atomic E-state index is 5.34. The highest BCUT2D eigenvalue weighted by molar-refractivity contribution is 5.86. The highest BCUT2D eigenvalue weighted by Gasteiger charge is 2.11. The lowest BCUT2D eigenvalue weighted by Gasteiger charge is -2.12. The van der Waals surface area contributed by atoms with Crippen molar-refractivity contribution >= 4 is 28.6 Å². The quantitative estimate of drug-likeness (QED) is 0.565. The number of rotatable bonds is 5. The Morgan fingerprint density at radius 3 is 2.77 bits per heavy atom. The Bertz CT molecular complexity index is 1050. The number of benzene rings is 1. The third-order valence-corrected chi connectivity index (χ3v) is 3.98. The SMILES string of the molecule is Cc1ccc(C)c(Nc2nc(NCc3ccco3)nc3nccnc23)c1. The molecule has 0 fully saturated rings. The lowest BCUT2D eigenvalue weighted by molar-refractivity contribution is 0.517. The van der Waals surface area contributed by atoms with Crippen LogP contribution in [0.1, 0.15) is 16.9 Å². The van der Waals surface area contributed by atoms with Gasteiger partial charge in [-0.25, -0.2) is 9.97 Å². The number of hydrogen-bond donors (Lipinski definition) is 2. The average molecular weight is 346 g/mol. The fourth-order valence-corrected chi connectivity index (χ4v) is 2.61. The number of nitrogens with one attached hydrogen (secondary N) is 2. The molecule has 0 aliphatic heterocycles. The monoisotopic (exact) mass is 346 g/mol. The van der Waals surface area contributed by atoms with Gasteiger partial charge in [0, 0.05) is 18.1 Å². The standard InChI is InChI=1S/C19H18N6O/c1-12-5-6-13(2)15(10-12)23-18-16-17(21-8-7-20-16)24-19(25-18)22-11-14-4-3-9-26-14/h3-10H,11H2,1-2H3,(H2,21,22,23,24,25). The van der Waals surface area contributed by atoms with Crippen LogP contribution in [0.25, 0.3) is 11.2 Å². The van der Waals surface area contributed by atoms with Crippen LogP contribution in [0.5, 0.6) is 0 Å². The van der Waals surface area contributed by atoms with E-state index in [2.05, 4.69) is 55.7 Å². The van der Waals surface area contributed by atoms with Crippen molar-refractivity contribution < 1.29 is 4.42 Å². The first-order chi connectivity index (χ1) is 12.7. The Kier molecular flexibility index (Phi) is 4.18. The summed E-state index contributed by atoms with van der Waals surface area (Å²) in [5.74, 6) is 1.87. The number of aromatic nitrogens is 4. The zero-order valence-corrected chi connectivity index (χ0v) is 14.5. The molecule has 1 aromatic carbocycles. The van der Waals surface area contributed by atoms with Crippen LogP contribution in [0.15, 0.2) is 53.4 Å². The van der Waals surface area contributed by atoms with Gasteiger partial charge in [0.1, 0.15) is 5.76 Å². The van der Waals surface area contributed by atoms with Gasteiger partial charge in [0.05, 0.1) is 12.8 Å². The molecule has 7 heteroatoms. The maximum Gasteiger partial charge on any atom is 0.227 e. The van der Waals surface area contributed by atoms with Crippen molar-refractivity contribution in [3.63, 3.8) is 0 Å². The second kappa shape index (κ2) is 6.79. The highest BCUT2D eigenvalue weighted by Crippen LogP contribution is 2.25. The molecule has 7 nitrogen and oxygen atoms in total. The van der Waals surface area contributed by atoms with Gasteiger partial charge in [-0.2, -0.15) is 9.97 Å². The van der Waals surface area contributed by atoms with Gasteiger partial charge in [-0.1, -0.05) is 12.1 Å². The topological polar surface area (TPSA) is 88.8 Å². The molecule has 4 aromatic rings. The van der Waals surface area contributed by atoms with E-state index in [4.69, 9.17) is 4.42 Å². The zero-order chi connectivity index (χ0) is 17.9. The summed E-state index contributed by atoms with van der Waals surface area (Å²) in [6.07, 6.45) is 4.89. The summed E-state index contributed by atoms with van der Waals surface area (Å²) in [7, 11) is 0. The summed E-state index contributed by atoms with van der Waals surface area (Å²) in [5.41, 5.74) is 4.41. The van der Waals surface area contributed by atoms with Crippen molar-refractivity contribution in [2.75, 3.05) is 10.6 Å². The van der Waals surface area contributed by atoms with Gasteiger partial charge >= 0.3 is 0 Å². The minimum absolute atomic E-state index is 0.460. The van der Waals surface area contributed by atoms with E-state index in [0.717, 1.165) is 17.0 Å². The molecule has 3 aromatic heterocycles. The molecular formula is C19H18N6O. The van der Waals surface area contributed by atoms with E-state index in [-0.39, 0.29) is 0 Å². The van der Waals surface area contributed by atoms with Crippen LogP contribution >= 0.6 is 0 Å². The smallest absolute Gasteiger partial charge is 0.227 e. The van der Waals surface area contributed by atoms with Crippen molar-refractivity contribution in [3.05, 3.63) is 65.9 Å². The number of furan rings is 1. The molecule has 3 heterocycles. The third kappa shape index (κ3) is 3.32. The highest BCUT2D eigenvalue weighted by atomic mass is 16.3. The molecule has 0 aliphatic rings. The van der Waals surface area contributed by atoms with E-state index in [1.165, 1.54) is 5.56 Å². The van der Waals surface area contributed by atoms with Gasteiger partial charge in [-0.15, -0.1) is 0 Å². The van der Waals surface area contributed by atoms with Gasteiger partial charge in [0.15, 0.2) is 17.0 Å². The molecule has 0 unspecified atom stereocenters. The van der Waals surface area contributed by atoms with Crippen LogP contribution in [0.4, 0.5) is 17.5 Å². The second-order valence-electron chi connectivity index (χ2n) is 6.00. The van der Waals surface area contributed by atoms with E-state index in [1.54, 1.807) is 18.7 Å². The zero-order valence-electron chi connectivity index (χ0n) is 14.5.